The van der Waals surface area contributed by atoms with Crippen LogP contribution in [0.15, 0.2) is 66.4 Å². The topological polar surface area (TPSA) is 84.4 Å². The first-order valence-corrected chi connectivity index (χ1v) is 11.6. The molecule has 0 saturated carbocycles. The summed E-state index contributed by atoms with van der Waals surface area (Å²) in [6, 6.07) is 19.4. The van der Waals surface area contributed by atoms with E-state index in [9.17, 15) is 10.4 Å². The van der Waals surface area contributed by atoms with Gasteiger partial charge in [0, 0.05) is 49.5 Å². The number of hydrogen-bond acceptors (Lipinski definition) is 5. The van der Waals surface area contributed by atoms with Crippen LogP contribution in [0.4, 0.5) is 5.69 Å². The second kappa shape index (κ2) is 11.1. The molecule has 0 aliphatic heterocycles. The first-order chi connectivity index (χ1) is 16.3. The van der Waals surface area contributed by atoms with Gasteiger partial charge in [0.15, 0.2) is 0 Å². The lowest BCUT2D eigenvalue weighted by Gasteiger charge is -2.21. The van der Waals surface area contributed by atoms with E-state index in [1.54, 1.807) is 0 Å². The highest BCUT2D eigenvalue weighted by Crippen LogP contribution is 2.31. The van der Waals surface area contributed by atoms with E-state index in [1.807, 2.05) is 20.0 Å². The Hall–Kier alpha value is -3.53. The van der Waals surface area contributed by atoms with Crippen molar-refractivity contribution >= 4 is 22.0 Å². The highest BCUT2D eigenvalue weighted by atomic mass is 16.3. The molecule has 0 aliphatic rings. The fourth-order valence-corrected chi connectivity index (χ4v) is 4.26. The molecule has 1 heterocycles. The average molecular weight is 459 g/mol. The van der Waals surface area contributed by atoms with E-state index in [2.05, 4.69) is 83.7 Å². The molecule has 6 heteroatoms. The molecule has 3 N–H and O–H groups in total. The molecule has 0 radical (unpaired) electrons. The van der Waals surface area contributed by atoms with Gasteiger partial charge >= 0.3 is 0 Å². The number of aromatic nitrogens is 1. The SMILES string of the molecule is C=C(NCC(O)CO)/C(C#N)=C(\C)c1ccc(-c2ccc3cc(N(CC)CC)ccc3c2)n1C. The summed E-state index contributed by atoms with van der Waals surface area (Å²) in [4.78, 5) is 2.34. The van der Waals surface area contributed by atoms with Gasteiger partial charge in [0.2, 0.25) is 0 Å². The third-order valence-corrected chi connectivity index (χ3v) is 6.30. The molecule has 3 rings (SSSR count). The van der Waals surface area contributed by atoms with Gasteiger partial charge in [-0.2, -0.15) is 5.26 Å². The fourth-order valence-electron chi connectivity index (χ4n) is 4.26. The first kappa shape index (κ1) is 25.1. The van der Waals surface area contributed by atoms with Crippen LogP contribution in [0.1, 0.15) is 26.5 Å². The molecular weight excluding hydrogens is 424 g/mol. The Morgan fingerprint density at radius 2 is 1.79 bits per heavy atom. The van der Waals surface area contributed by atoms with Crippen molar-refractivity contribution in [3.63, 3.8) is 0 Å². The maximum Gasteiger partial charge on any atom is 0.102 e. The van der Waals surface area contributed by atoms with Crippen molar-refractivity contribution in [2.75, 3.05) is 31.1 Å². The number of anilines is 1. The lowest BCUT2D eigenvalue weighted by atomic mass is 10.0. The van der Waals surface area contributed by atoms with Crippen molar-refractivity contribution in [1.29, 1.82) is 5.26 Å². The van der Waals surface area contributed by atoms with Crippen LogP contribution < -0.4 is 10.2 Å². The zero-order valence-corrected chi connectivity index (χ0v) is 20.5. The van der Waals surface area contributed by atoms with Crippen molar-refractivity contribution in [3.8, 4) is 17.3 Å². The molecule has 0 saturated heterocycles. The maximum absolute atomic E-state index is 9.75. The quantitative estimate of drug-likeness (QED) is 0.309. The molecule has 3 aromatic rings. The molecule has 1 unspecified atom stereocenters. The van der Waals surface area contributed by atoms with Crippen molar-refractivity contribution in [2.45, 2.75) is 26.9 Å². The summed E-state index contributed by atoms with van der Waals surface area (Å²) in [5, 5.41) is 33.6. The minimum Gasteiger partial charge on any atom is -0.394 e. The van der Waals surface area contributed by atoms with Gasteiger partial charge < -0.3 is 25.0 Å². The van der Waals surface area contributed by atoms with Crippen LogP contribution in [0.2, 0.25) is 0 Å². The van der Waals surface area contributed by atoms with Crippen molar-refractivity contribution in [3.05, 3.63) is 72.1 Å². The predicted octanol–water partition coefficient (Wildman–Crippen LogP) is 4.45. The van der Waals surface area contributed by atoms with Crippen LogP contribution in [-0.4, -0.2) is 47.1 Å². The minimum absolute atomic E-state index is 0.124. The Morgan fingerprint density at radius 1 is 1.12 bits per heavy atom. The van der Waals surface area contributed by atoms with Crippen LogP contribution >= 0.6 is 0 Å². The summed E-state index contributed by atoms with van der Waals surface area (Å²) in [5.74, 6) is 0. The number of nitrogens with zero attached hydrogens (tertiary/aromatic N) is 3. The Balaban J connectivity index is 1.93. The van der Waals surface area contributed by atoms with Gasteiger partial charge in [-0.1, -0.05) is 24.8 Å². The molecule has 1 atom stereocenters. The lowest BCUT2D eigenvalue weighted by molar-refractivity contribution is 0.0967. The number of rotatable bonds is 10. The number of nitrogens with one attached hydrogen (secondary N) is 1. The number of allylic oxidation sites excluding steroid dienone is 2. The molecule has 0 spiro atoms. The molecule has 1 aromatic heterocycles. The normalized spacial score (nSPS) is 12.7. The minimum atomic E-state index is -0.908. The van der Waals surface area contributed by atoms with Gasteiger partial charge in [-0.25, -0.2) is 0 Å². The maximum atomic E-state index is 9.75. The fraction of sp³-hybridized carbons (Fsp3) is 0.321. The van der Waals surface area contributed by atoms with E-state index < -0.39 is 6.10 Å². The summed E-state index contributed by atoms with van der Waals surface area (Å²) >= 11 is 0. The Labute approximate surface area is 202 Å². The molecule has 0 aliphatic carbocycles. The molecule has 2 aromatic carbocycles. The van der Waals surface area contributed by atoms with Crippen LogP contribution in [-0.2, 0) is 7.05 Å². The lowest BCUT2D eigenvalue weighted by Crippen LogP contribution is -2.29. The second-order valence-electron chi connectivity index (χ2n) is 8.39. The van der Waals surface area contributed by atoms with Crippen molar-refractivity contribution in [1.82, 2.24) is 9.88 Å². The largest absolute Gasteiger partial charge is 0.394 e. The molecule has 178 valence electrons. The summed E-state index contributed by atoms with van der Waals surface area (Å²) < 4.78 is 2.08. The van der Waals surface area contributed by atoms with Crippen LogP contribution in [0.25, 0.3) is 27.6 Å². The highest BCUT2D eigenvalue weighted by Gasteiger charge is 2.15. The predicted molar refractivity (Wildman–Crippen MR) is 140 cm³/mol. The summed E-state index contributed by atoms with van der Waals surface area (Å²) in [5.41, 5.74) is 5.93. The van der Waals surface area contributed by atoms with Crippen molar-refractivity contribution in [2.24, 2.45) is 7.05 Å². The average Bonchev–Trinajstić information content (AvgIpc) is 3.24. The first-order valence-electron chi connectivity index (χ1n) is 11.6. The Kier molecular flexibility index (Phi) is 8.17. The zero-order valence-electron chi connectivity index (χ0n) is 20.5. The molecule has 0 fully saturated rings. The third-order valence-electron chi connectivity index (χ3n) is 6.30. The van der Waals surface area contributed by atoms with E-state index in [0.717, 1.165) is 35.6 Å². The van der Waals surface area contributed by atoms with Gasteiger partial charge in [0.05, 0.1) is 18.3 Å². The van der Waals surface area contributed by atoms with Gasteiger partial charge in [0.25, 0.3) is 0 Å². The molecule has 34 heavy (non-hydrogen) atoms. The summed E-state index contributed by atoms with van der Waals surface area (Å²) in [7, 11) is 1.99. The Morgan fingerprint density at radius 3 is 2.44 bits per heavy atom. The van der Waals surface area contributed by atoms with Crippen LogP contribution in [0.5, 0.6) is 0 Å². The molecule has 6 nitrogen and oxygen atoms in total. The smallest absolute Gasteiger partial charge is 0.102 e. The number of aliphatic hydroxyl groups is 2. The number of nitriles is 1. The molecule has 0 bridgehead atoms. The van der Waals surface area contributed by atoms with Gasteiger partial charge in [-0.15, -0.1) is 0 Å². The summed E-state index contributed by atoms with van der Waals surface area (Å²) in [6.45, 7) is 11.9. The number of benzene rings is 2. The standard InChI is InChI=1S/C28H34N4O2/c1-6-32(7-2)24-11-10-21-14-23(9-8-22(21)15-24)28-13-12-27(31(28)5)19(3)26(16-29)20(4)30-17-25(34)18-33/h8-15,25,30,33-34H,4,6-7,17-18H2,1-3,5H3/b26-19+. The van der Waals surface area contributed by atoms with Gasteiger partial charge in [0.1, 0.15) is 6.07 Å². The number of aliphatic hydroxyl groups excluding tert-OH is 2. The van der Waals surface area contributed by atoms with Crippen LogP contribution in [0, 0.1) is 11.3 Å². The Bertz CT molecular complexity index is 1250. The molecular formula is C28H34N4O2. The highest BCUT2D eigenvalue weighted by molar-refractivity contribution is 5.90. The molecule has 0 amide bonds. The van der Waals surface area contributed by atoms with Crippen LogP contribution in [0.3, 0.4) is 0 Å². The number of fused-ring (bicyclic) bond motifs is 1. The van der Waals surface area contributed by atoms with Crippen molar-refractivity contribution < 1.29 is 10.2 Å². The number of hydrogen-bond donors (Lipinski definition) is 3. The van der Waals surface area contributed by atoms with E-state index in [4.69, 9.17) is 5.11 Å². The summed E-state index contributed by atoms with van der Waals surface area (Å²) in [6.07, 6.45) is -0.908. The van der Waals surface area contributed by atoms with Gasteiger partial charge in [-0.05, 0) is 73.0 Å². The zero-order chi connectivity index (χ0) is 24.8. The van der Waals surface area contributed by atoms with E-state index in [1.165, 1.54) is 16.5 Å². The monoisotopic (exact) mass is 458 g/mol. The van der Waals surface area contributed by atoms with E-state index in [-0.39, 0.29) is 13.2 Å². The van der Waals surface area contributed by atoms with Gasteiger partial charge in [-0.3, -0.25) is 0 Å². The second-order valence-corrected chi connectivity index (χ2v) is 8.39. The van der Waals surface area contributed by atoms with E-state index in [0.29, 0.717) is 11.3 Å². The third kappa shape index (κ3) is 5.17. The van der Waals surface area contributed by atoms with E-state index >= 15 is 0 Å².